The van der Waals surface area contributed by atoms with Crippen LogP contribution in [0.5, 0.6) is 0 Å². The molecule has 0 bridgehead atoms. The average molecular weight is 290 g/mol. The van der Waals surface area contributed by atoms with E-state index in [-0.39, 0.29) is 24.3 Å². The molecular formula is C16H22N2O3. The molecule has 0 aromatic heterocycles. The van der Waals surface area contributed by atoms with Crippen molar-refractivity contribution in [3.05, 3.63) is 35.4 Å². The van der Waals surface area contributed by atoms with Gasteiger partial charge < -0.3 is 15.7 Å². The number of aliphatic carboxylic acids is 1. The van der Waals surface area contributed by atoms with Crippen LogP contribution in [0.15, 0.2) is 24.3 Å². The van der Waals surface area contributed by atoms with E-state index < -0.39 is 5.97 Å². The highest BCUT2D eigenvalue weighted by atomic mass is 16.4. The average Bonchev–Trinajstić information content (AvgIpc) is 2.50. The van der Waals surface area contributed by atoms with E-state index in [2.05, 4.69) is 22.8 Å². The lowest BCUT2D eigenvalue weighted by Crippen LogP contribution is -2.48. The zero-order chi connectivity index (χ0) is 15.2. The van der Waals surface area contributed by atoms with E-state index in [1.807, 2.05) is 19.1 Å². The molecule has 1 aliphatic rings. The number of hydrogen-bond acceptors (Lipinski definition) is 3. The normalized spacial score (nSPS) is 18.6. The van der Waals surface area contributed by atoms with Gasteiger partial charge in [-0.1, -0.05) is 31.2 Å². The first-order valence-electron chi connectivity index (χ1n) is 7.36. The number of fused-ring (bicyclic) bond motifs is 1. The third kappa shape index (κ3) is 4.56. The van der Waals surface area contributed by atoms with Gasteiger partial charge in [-0.25, -0.2) is 0 Å². The minimum absolute atomic E-state index is 0.00771. The van der Waals surface area contributed by atoms with Crippen LogP contribution in [0.3, 0.4) is 0 Å². The minimum atomic E-state index is -0.793. The molecule has 2 atom stereocenters. The first-order chi connectivity index (χ1) is 10.1. The molecule has 1 heterocycles. The van der Waals surface area contributed by atoms with Crippen LogP contribution >= 0.6 is 0 Å². The summed E-state index contributed by atoms with van der Waals surface area (Å²) in [5.41, 5.74) is 2.46. The maximum atomic E-state index is 12.2. The lowest BCUT2D eigenvalue weighted by Gasteiger charge is -2.25. The molecule has 1 aromatic rings. The van der Waals surface area contributed by atoms with Crippen molar-refractivity contribution in [1.82, 2.24) is 10.6 Å². The first kappa shape index (κ1) is 15.5. The van der Waals surface area contributed by atoms with Gasteiger partial charge >= 0.3 is 5.97 Å². The molecule has 0 fully saturated rings. The Morgan fingerprint density at radius 3 is 2.81 bits per heavy atom. The van der Waals surface area contributed by atoms with Crippen molar-refractivity contribution < 1.29 is 14.7 Å². The van der Waals surface area contributed by atoms with Crippen molar-refractivity contribution in [1.29, 1.82) is 0 Å². The summed E-state index contributed by atoms with van der Waals surface area (Å²) in [4.78, 5) is 22.7. The Bertz CT molecular complexity index is 516. The second kappa shape index (κ2) is 7.22. The van der Waals surface area contributed by atoms with Crippen molar-refractivity contribution in [2.45, 2.75) is 38.8 Å². The molecule has 0 saturated heterocycles. The topological polar surface area (TPSA) is 78.4 Å². The van der Waals surface area contributed by atoms with Crippen LogP contribution in [0.4, 0.5) is 0 Å². The van der Waals surface area contributed by atoms with Gasteiger partial charge in [0.2, 0.25) is 5.91 Å². The van der Waals surface area contributed by atoms with Crippen LogP contribution in [0.1, 0.15) is 30.9 Å². The molecule has 1 aromatic carbocycles. The molecule has 2 rings (SSSR count). The van der Waals surface area contributed by atoms with E-state index >= 15 is 0 Å². The van der Waals surface area contributed by atoms with Crippen LogP contribution in [-0.4, -0.2) is 29.6 Å². The maximum absolute atomic E-state index is 12.2. The molecule has 0 spiro atoms. The minimum Gasteiger partial charge on any atom is -0.481 e. The highest BCUT2D eigenvalue weighted by molar-refractivity contribution is 5.82. The predicted octanol–water partition coefficient (Wildman–Crippen LogP) is 1.32. The van der Waals surface area contributed by atoms with Gasteiger partial charge in [-0.05, 0) is 29.9 Å². The van der Waals surface area contributed by atoms with E-state index in [0.29, 0.717) is 25.9 Å². The number of nitrogens with one attached hydrogen (secondary N) is 2. The fourth-order valence-electron chi connectivity index (χ4n) is 2.51. The number of carbonyl (C=O) groups excluding carboxylic acids is 1. The highest BCUT2D eigenvalue weighted by Crippen LogP contribution is 2.16. The van der Waals surface area contributed by atoms with E-state index in [1.54, 1.807) is 0 Å². The second-order valence-electron chi connectivity index (χ2n) is 5.69. The fraction of sp³-hybridized carbons (Fsp3) is 0.500. The largest absolute Gasteiger partial charge is 0.481 e. The van der Waals surface area contributed by atoms with Crippen molar-refractivity contribution in [2.75, 3.05) is 6.54 Å². The van der Waals surface area contributed by atoms with E-state index in [0.717, 1.165) is 0 Å². The van der Waals surface area contributed by atoms with Crippen LogP contribution in [0.25, 0.3) is 0 Å². The predicted molar refractivity (Wildman–Crippen MR) is 79.8 cm³/mol. The Kier molecular flexibility index (Phi) is 5.33. The van der Waals surface area contributed by atoms with Gasteiger partial charge in [0, 0.05) is 19.5 Å². The molecular weight excluding hydrogens is 268 g/mol. The van der Waals surface area contributed by atoms with Crippen molar-refractivity contribution in [2.24, 2.45) is 5.92 Å². The molecule has 1 amide bonds. The number of carbonyl (C=O) groups is 2. The SMILES string of the molecule is CC(CCC(=O)O)CNC(=O)C1Cc2ccccc2CN1. The summed E-state index contributed by atoms with van der Waals surface area (Å²) in [6.45, 7) is 3.18. The van der Waals surface area contributed by atoms with Crippen molar-refractivity contribution in [3.8, 4) is 0 Å². The molecule has 0 saturated carbocycles. The zero-order valence-electron chi connectivity index (χ0n) is 12.3. The molecule has 0 aliphatic carbocycles. The second-order valence-corrected chi connectivity index (χ2v) is 5.69. The maximum Gasteiger partial charge on any atom is 0.303 e. The van der Waals surface area contributed by atoms with Crippen molar-refractivity contribution >= 4 is 11.9 Å². The van der Waals surface area contributed by atoms with Gasteiger partial charge in [-0.3, -0.25) is 9.59 Å². The Balaban J connectivity index is 1.78. The highest BCUT2D eigenvalue weighted by Gasteiger charge is 2.23. The third-order valence-corrected chi connectivity index (χ3v) is 3.87. The van der Waals surface area contributed by atoms with Crippen molar-refractivity contribution in [3.63, 3.8) is 0 Å². The molecule has 21 heavy (non-hydrogen) atoms. The van der Waals surface area contributed by atoms with Crippen LogP contribution in [0, 0.1) is 5.92 Å². The standard InChI is InChI=1S/C16H22N2O3/c1-11(6-7-15(19)20)9-18-16(21)14-8-12-4-2-3-5-13(12)10-17-14/h2-5,11,14,17H,6-10H2,1H3,(H,18,21)(H,19,20). The number of carboxylic acids is 1. The Morgan fingerprint density at radius 1 is 1.38 bits per heavy atom. The van der Waals surface area contributed by atoms with E-state index in [1.165, 1.54) is 11.1 Å². The van der Waals surface area contributed by atoms with Gasteiger partial charge in [-0.15, -0.1) is 0 Å². The Hall–Kier alpha value is -1.88. The summed E-state index contributed by atoms with van der Waals surface area (Å²) < 4.78 is 0. The van der Waals surface area contributed by atoms with E-state index in [9.17, 15) is 9.59 Å². The summed E-state index contributed by atoms with van der Waals surface area (Å²) in [6, 6.07) is 7.93. The molecule has 114 valence electrons. The molecule has 5 nitrogen and oxygen atoms in total. The van der Waals surface area contributed by atoms with Gasteiger partial charge in [0.05, 0.1) is 6.04 Å². The first-order valence-corrected chi connectivity index (χ1v) is 7.36. The summed E-state index contributed by atoms with van der Waals surface area (Å²) in [7, 11) is 0. The smallest absolute Gasteiger partial charge is 0.303 e. The van der Waals surface area contributed by atoms with Gasteiger partial charge in [0.15, 0.2) is 0 Å². The number of carboxylic acid groups (broad SMARTS) is 1. The zero-order valence-corrected chi connectivity index (χ0v) is 12.3. The molecule has 5 heteroatoms. The quantitative estimate of drug-likeness (QED) is 0.738. The summed E-state index contributed by atoms with van der Waals surface area (Å²) in [5.74, 6) is -0.633. The molecule has 3 N–H and O–H groups in total. The van der Waals surface area contributed by atoms with Crippen LogP contribution in [0.2, 0.25) is 0 Å². The molecule has 0 radical (unpaired) electrons. The van der Waals surface area contributed by atoms with Gasteiger partial charge in [0.25, 0.3) is 0 Å². The summed E-state index contributed by atoms with van der Waals surface area (Å²) in [5, 5.41) is 14.8. The third-order valence-electron chi connectivity index (χ3n) is 3.87. The summed E-state index contributed by atoms with van der Waals surface area (Å²) in [6.07, 6.45) is 1.42. The van der Waals surface area contributed by atoms with Crippen LogP contribution < -0.4 is 10.6 Å². The van der Waals surface area contributed by atoms with Crippen LogP contribution in [-0.2, 0) is 22.6 Å². The number of benzene rings is 1. The number of amides is 1. The van der Waals surface area contributed by atoms with Gasteiger partial charge in [0.1, 0.15) is 0 Å². The lowest BCUT2D eigenvalue weighted by atomic mass is 9.95. The molecule has 1 aliphatic heterocycles. The van der Waals surface area contributed by atoms with E-state index in [4.69, 9.17) is 5.11 Å². The molecule has 2 unspecified atom stereocenters. The number of rotatable bonds is 6. The lowest BCUT2D eigenvalue weighted by molar-refractivity contribution is -0.137. The summed E-state index contributed by atoms with van der Waals surface area (Å²) >= 11 is 0. The monoisotopic (exact) mass is 290 g/mol. The number of hydrogen-bond donors (Lipinski definition) is 3. The fourth-order valence-corrected chi connectivity index (χ4v) is 2.51. The van der Waals surface area contributed by atoms with Gasteiger partial charge in [-0.2, -0.15) is 0 Å². The Morgan fingerprint density at radius 2 is 2.10 bits per heavy atom. The Labute approximate surface area is 124 Å².